The standard InChI is InChI=1S/C10H15N3O3/c1-7(2)16-6-8-5-9(13(14)15)3-4-10(8)12-11/h3-5,7,12H,6,11H2,1-2H3. The Labute approximate surface area is 93.5 Å². The lowest BCUT2D eigenvalue weighted by atomic mass is 10.1. The van der Waals surface area contributed by atoms with E-state index in [9.17, 15) is 10.1 Å². The minimum absolute atomic E-state index is 0.0290. The highest BCUT2D eigenvalue weighted by molar-refractivity contribution is 5.55. The highest BCUT2D eigenvalue weighted by Gasteiger charge is 2.10. The Bertz CT molecular complexity index is 380. The molecular formula is C10H15N3O3. The number of nitrogens with zero attached hydrogens (tertiary/aromatic N) is 1. The van der Waals surface area contributed by atoms with Crippen molar-refractivity contribution in [3.05, 3.63) is 33.9 Å². The van der Waals surface area contributed by atoms with Crippen molar-refractivity contribution >= 4 is 11.4 Å². The number of rotatable bonds is 5. The van der Waals surface area contributed by atoms with Crippen LogP contribution in [0.2, 0.25) is 0 Å². The maximum Gasteiger partial charge on any atom is 0.269 e. The molecule has 0 unspecified atom stereocenters. The molecule has 0 aliphatic heterocycles. The molecule has 1 aromatic carbocycles. The maximum atomic E-state index is 10.6. The van der Waals surface area contributed by atoms with Crippen molar-refractivity contribution in [2.24, 2.45) is 5.84 Å². The summed E-state index contributed by atoms with van der Waals surface area (Å²) in [5.41, 5.74) is 3.81. The molecule has 0 spiro atoms. The van der Waals surface area contributed by atoms with E-state index in [2.05, 4.69) is 5.43 Å². The summed E-state index contributed by atoms with van der Waals surface area (Å²) in [6.45, 7) is 4.08. The van der Waals surface area contributed by atoms with Crippen molar-refractivity contribution in [3.63, 3.8) is 0 Å². The minimum atomic E-state index is -0.445. The molecule has 6 heteroatoms. The van der Waals surface area contributed by atoms with Crippen molar-refractivity contribution in [2.75, 3.05) is 5.43 Å². The van der Waals surface area contributed by atoms with Crippen LogP contribution in [-0.2, 0) is 11.3 Å². The Hall–Kier alpha value is -1.66. The van der Waals surface area contributed by atoms with Crippen LogP contribution in [-0.4, -0.2) is 11.0 Å². The van der Waals surface area contributed by atoms with Crippen molar-refractivity contribution in [3.8, 4) is 0 Å². The van der Waals surface area contributed by atoms with Gasteiger partial charge < -0.3 is 10.2 Å². The monoisotopic (exact) mass is 225 g/mol. The third-order valence-electron chi connectivity index (χ3n) is 2.03. The SMILES string of the molecule is CC(C)OCc1cc([N+](=O)[O-])ccc1NN. The van der Waals surface area contributed by atoms with Crippen LogP contribution < -0.4 is 11.3 Å². The number of nitro benzene ring substituents is 1. The summed E-state index contributed by atoms with van der Waals surface area (Å²) >= 11 is 0. The third-order valence-corrected chi connectivity index (χ3v) is 2.03. The molecule has 1 aromatic rings. The number of non-ortho nitro benzene ring substituents is 1. The van der Waals surface area contributed by atoms with Gasteiger partial charge in [0.1, 0.15) is 0 Å². The summed E-state index contributed by atoms with van der Waals surface area (Å²) in [7, 11) is 0. The van der Waals surface area contributed by atoms with Crippen LogP contribution in [0, 0.1) is 10.1 Å². The van der Waals surface area contributed by atoms with Crippen LogP contribution in [0.25, 0.3) is 0 Å². The van der Waals surface area contributed by atoms with E-state index in [1.807, 2.05) is 13.8 Å². The first-order valence-electron chi connectivity index (χ1n) is 4.90. The summed E-state index contributed by atoms with van der Waals surface area (Å²) in [6.07, 6.45) is 0.0601. The fraction of sp³-hybridized carbons (Fsp3) is 0.400. The number of anilines is 1. The van der Waals surface area contributed by atoms with Gasteiger partial charge in [-0.3, -0.25) is 16.0 Å². The summed E-state index contributed by atoms with van der Waals surface area (Å²) in [5.74, 6) is 5.31. The second-order valence-electron chi connectivity index (χ2n) is 3.60. The summed E-state index contributed by atoms with van der Waals surface area (Å²) in [6, 6.07) is 4.42. The second-order valence-corrected chi connectivity index (χ2v) is 3.60. The molecule has 6 nitrogen and oxygen atoms in total. The van der Waals surface area contributed by atoms with Crippen molar-refractivity contribution in [1.82, 2.24) is 0 Å². The summed E-state index contributed by atoms with van der Waals surface area (Å²) in [5, 5.41) is 10.6. The Balaban J connectivity index is 2.93. The van der Waals surface area contributed by atoms with Crippen LogP contribution in [0.4, 0.5) is 11.4 Å². The molecule has 0 saturated carbocycles. The highest BCUT2D eigenvalue weighted by atomic mass is 16.6. The molecule has 0 saturated heterocycles. The number of hydrogen-bond acceptors (Lipinski definition) is 5. The van der Waals surface area contributed by atoms with Crippen LogP contribution in [0.3, 0.4) is 0 Å². The van der Waals surface area contributed by atoms with E-state index < -0.39 is 4.92 Å². The lowest BCUT2D eigenvalue weighted by Crippen LogP contribution is -2.11. The van der Waals surface area contributed by atoms with E-state index in [1.165, 1.54) is 12.1 Å². The van der Waals surface area contributed by atoms with Gasteiger partial charge in [0.05, 0.1) is 23.3 Å². The van der Waals surface area contributed by atoms with E-state index in [-0.39, 0.29) is 11.8 Å². The molecule has 3 N–H and O–H groups in total. The molecule has 1 rings (SSSR count). The fourth-order valence-corrected chi connectivity index (χ4v) is 1.21. The van der Waals surface area contributed by atoms with E-state index in [1.54, 1.807) is 6.07 Å². The number of ether oxygens (including phenoxy) is 1. The van der Waals surface area contributed by atoms with Crippen molar-refractivity contribution in [1.29, 1.82) is 0 Å². The van der Waals surface area contributed by atoms with Crippen LogP contribution >= 0.6 is 0 Å². The predicted molar refractivity (Wildman–Crippen MR) is 60.8 cm³/mol. The van der Waals surface area contributed by atoms with Crippen molar-refractivity contribution < 1.29 is 9.66 Å². The van der Waals surface area contributed by atoms with Gasteiger partial charge in [-0.1, -0.05) is 0 Å². The Morgan fingerprint density at radius 3 is 2.75 bits per heavy atom. The first-order valence-corrected chi connectivity index (χ1v) is 4.90. The normalized spacial score (nSPS) is 10.5. The lowest BCUT2D eigenvalue weighted by molar-refractivity contribution is -0.384. The molecule has 0 heterocycles. The Morgan fingerprint density at radius 2 is 2.25 bits per heavy atom. The molecule has 0 aliphatic carbocycles. The van der Waals surface area contributed by atoms with Gasteiger partial charge in [0.2, 0.25) is 0 Å². The number of nitro groups is 1. The molecule has 16 heavy (non-hydrogen) atoms. The van der Waals surface area contributed by atoms with Gasteiger partial charge in [-0.05, 0) is 19.9 Å². The Kier molecular flexibility index (Phi) is 4.21. The highest BCUT2D eigenvalue weighted by Crippen LogP contribution is 2.22. The van der Waals surface area contributed by atoms with Gasteiger partial charge in [0, 0.05) is 17.7 Å². The van der Waals surface area contributed by atoms with Crippen LogP contribution in [0.5, 0.6) is 0 Å². The molecular weight excluding hydrogens is 210 g/mol. The van der Waals surface area contributed by atoms with Gasteiger partial charge in [-0.15, -0.1) is 0 Å². The van der Waals surface area contributed by atoms with Crippen molar-refractivity contribution in [2.45, 2.75) is 26.6 Å². The maximum absolute atomic E-state index is 10.6. The molecule has 0 amide bonds. The van der Waals surface area contributed by atoms with E-state index in [0.29, 0.717) is 17.9 Å². The van der Waals surface area contributed by atoms with Gasteiger partial charge in [-0.2, -0.15) is 0 Å². The van der Waals surface area contributed by atoms with Gasteiger partial charge in [0.25, 0.3) is 5.69 Å². The molecule has 0 bridgehead atoms. The smallest absolute Gasteiger partial charge is 0.269 e. The largest absolute Gasteiger partial charge is 0.374 e. The summed E-state index contributed by atoms with van der Waals surface area (Å²) in [4.78, 5) is 10.2. The number of nitrogens with one attached hydrogen (secondary N) is 1. The fourth-order valence-electron chi connectivity index (χ4n) is 1.21. The molecule has 0 radical (unpaired) electrons. The number of hydrogen-bond donors (Lipinski definition) is 2. The molecule has 88 valence electrons. The van der Waals surface area contributed by atoms with Gasteiger partial charge in [0.15, 0.2) is 0 Å². The zero-order valence-corrected chi connectivity index (χ0v) is 9.27. The number of nitrogens with two attached hydrogens (primary N) is 1. The molecule has 0 atom stereocenters. The van der Waals surface area contributed by atoms with Crippen LogP contribution in [0.15, 0.2) is 18.2 Å². The van der Waals surface area contributed by atoms with E-state index in [0.717, 1.165) is 0 Å². The molecule has 0 aromatic heterocycles. The minimum Gasteiger partial charge on any atom is -0.374 e. The number of hydrazine groups is 1. The zero-order chi connectivity index (χ0) is 12.1. The average Bonchev–Trinajstić information content (AvgIpc) is 2.25. The third kappa shape index (κ3) is 3.18. The average molecular weight is 225 g/mol. The number of nitrogen functional groups attached to an aromatic ring is 1. The second kappa shape index (κ2) is 5.43. The summed E-state index contributed by atoms with van der Waals surface area (Å²) < 4.78 is 5.39. The first kappa shape index (κ1) is 12.4. The molecule has 0 aliphatic rings. The predicted octanol–water partition coefficient (Wildman–Crippen LogP) is 1.81. The van der Waals surface area contributed by atoms with E-state index >= 15 is 0 Å². The van der Waals surface area contributed by atoms with Gasteiger partial charge >= 0.3 is 0 Å². The Morgan fingerprint density at radius 1 is 1.56 bits per heavy atom. The van der Waals surface area contributed by atoms with Gasteiger partial charge in [-0.25, -0.2) is 0 Å². The molecule has 0 fully saturated rings. The lowest BCUT2D eigenvalue weighted by Gasteiger charge is -2.11. The number of benzene rings is 1. The van der Waals surface area contributed by atoms with Crippen LogP contribution in [0.1, 0.15) is 19.4 Å². The zero-order valence-electron chi connectivity index (χ0n) is 9.27. The van der Waals surface area contributed by atoms with E-state index in [4.69, 9.17) is 10.6 Å². The first-order chi connectivity index (χ1) is 7.54. The quantitative estimate of drug-likeness (QED) is 0.453. The topological polar surface area (TPSA) is 90.4 Å².